The van der Waals surface area contributed by atoms with Crippen LogP contribution in [0.3, 0.4) is 0 Å². The Morgan fingerprint density at radius 1 is 1.39 bits per heavy atom. The first-order valence-electron chi connectivity index (χ1n) is 5.46. The van der Waals surface area contributed by atoms with Crippen LogP contribution in [0.25, 0.3) is 0 Å². The minimum atomic E-state index is -3.37. The molecule has 0 aliphatic heterocycles. The summed E-state index contributed by atoms with van der Waals surface area (Å²) in [6.07, 6.45) is -0.166. The summed E-state index contributed by atoms with van der Waals surface area (Å²) in [7, 11) is -1.84. The molecular weight excluding hydrogens is 252 g/mol. The van der Waals surface area contributed by atoms with E-state index in [9.17, 15) is 8.42 Å². The van der Waals surface area contributed by atoms with Crippen molar-refractivity contribution in [1.82, 2.24) is 4.72 Å². The average molecular weight is 268 g/mol. The van der Waals surface area contributed by atoms with Gasteiger partial charge in [-0.2, -0.15) is 5.26 Å². The molecule has 0 bridgehead atoms. The molecule has 0 amide bonds. The first-order chi connectivity index (χ1) is 8.46. The van der Waals surface area contributed by atoms with Gasteiger partial charge in [0.15, 0.2) is 0 Å². The van der Waals surface area contributed by atoms with Crippen molar-refractivity contribution in [3.05, 3.63) is 35.4 Å². The van der Waals surface area contributed by atoms with Gasteiger partial charge in [0.25, 0.3) is 0 Å². The molecule has 0 spiro atoms. The molecule has 0 saturated carbocycles. The van der Waals surface area contributed by atoms with E-state index in [1.165, 1.54) is 7.11 Å². The first-order valence-corrected chi connectivity index (χ1v) is 7.11. The van der Waals surface area contributed by atoms with Crippen LogP contribution < -0.4 is 4.72 Å². The second-order valence-corrected chi connectivity index (χ2v) is 5.77. The lowest BCUT2D eigenvalue weighted by Crippen LogP contribution is -2.32. The topological polar surface area (TPSA) is 79.2 Å². The second kappa shape index (κ2) is 6.50. The van der Waals surface area contributed by atoms with Gasteiger partial charge in [-0.05, 0) is 24.6 Å². The molecule has 1 N–H and O–H groups in total. The number of nitrogens with one attached hydrogen (secondary N) is 1. The molecule has 0 aliphatic rings. The summed E-state index contributed by atoms with van der Waals surface area (Å²) in [4.78, 5) is 0. The van der Waals surface area contributed by atoms with Crippen LogP contribution in [0.15, 0.2) is 24.3 Å². The van der Waals surface area contributed by atoms with Gasteiger partial charge in [0.1, 0.15) is 0 Å². The number of benzene rings is 1. The van der Waals surface area contributed by atoms with Gasteiger partial charge in [0.2, 0.25) is 10.0 Å². The molecule has 1 rings (SSSR count). The van der Waals surface area contributed by atoms with Crippen LogP contribution in [0, 0.1) is 11.3 Å². The normalized spacial score (nSPS) is 12.9. The maximum atomic E-state index is 11.7. The summed E-state index contributed by atoms with van der Waals surface area (Å²) in [6, 6.07) is 8.46. The standard InChI is InChI=1S/C12H16N2O3S/c1-10(17-2)8-14-18(15,16)9-12-5-3-11(7-13)4-6-12/h3-6,10,14H,8-9H2,1-2H3. The third-order valence-electron chi connectivity index (χ3n) is 2.43. The van der Waals surface area contributed by atoms with E-state index in [1.807, 2.05) is 6.07 Å². The number of hydrogen-bond acceptors (Lipinski definition) is 4. The highest BCUT2D eigenvalue weighted by Crippen LogP contribution is 2.07. The predicted molar refractivity (Wildman–Crippen MR) is 68.3 cm³/mol. The van der Waals surface area contributed by atoms with E-state index in [0.29, 0.717) is 11.1 Å². The molecule has 0 aliphatic carbocycles. The highest BCUT2D eigenvalue weighted by atomic mass is 32.2. The van der Waals surface area contributed by atoms with Crippen LogP contribution in [-0.4, -0.2) is 28.2 Å². The summed E-state index contributed by atoms with van der Waals surface area (Å²) in [5.41, 5.74) is 1.16. The van der Waals surface area contributed by atoms with E-state index in [1.54, 1.807) is 31.2 Å². The van der Waals surface area contributed by atoms with Gasteiger partial charge in [-0.1, -0.05) is 12.1 Å². The van der Waals surface area contributed by atoms with Crippen LogP contribution in [-0.2, 0) is 20.5 Å². The number of ether oxygens (including phenoxy) is 1. The lowest BCUT2D eigenvalue weighted by molar-refractivity contribution is 0.122. The Balaban J connectivity index is 2.62. The lowest BCUT2D eigenvalue weighted by atomic mass is 10.2. The molecule has 98 valence electrons. The molecule has 6 heteroatoms. The second-order valence-electron chi connectivity index (χ2n) is 3.96. The molecule has 0 fully saturated rings. The van der Waals surface area contributed by atoms with E-state index < -0.39 is 10.0 Å². The van der Waals surface area contributed by atoms with E-state index in [2.05, 4.69) is 4.72 Å². The van der Waals surface area contributed by atoms with Crippen molar-refractivity contribution in [2.24, 2.45) is 0 Å². The van der Waals surface area contributed by atoms with Gasteiger partial charge < -0.3 is 4.74 Å². The molecular formula is C12H16N2O3S. The average Bonchev–Trinajstić information content (AvgIpc) is 2.36. The van der Waals surface area contributed by atoms with Crippen molar-refractivity contribution in [2.45, 2.75) is 18.8 Å². The monoisotopic (exact) mass is 268 g/mol. The molecule has 1 aromatic rings. The summed E-state index contributed by atoms with van der Waals surface area (Å²) < 4.78 is 30.9. The quantitative estimate of drug-likeness (QED) is 0.835. The zero-order chi connectivity index (χ0) is 13.6. The number of hydrogen-bond donors (Lipinski definition) is 1. The number of nitrogens with zero attached hydrogens (tertiary/aromatic N) is 1. The Labute approximate surface area is 107 Å². The molecule has 0 aromatic heterocycles. The van der Waals surface area contributed by atoms with E-state index in [0.717, 1.165) is 0 Å². The fraction of sp³-hybridized carbons (Fsp3) is 0.417. The molecule has 5 nitrogen and oxygen atoms in total. The highest BCUT2D eigenvalue weighted by Gasteiger charge is 2.12. The Morgan fingerprint density at radius 2 is 2.00 bits per heavy atom. The zero-order valence-electron chi connectivity index (χ0n) is 10.4. The summed E-state index contributed by atoms with van der Waals surface area (Å²) in [6.45, 7) is 2.03. The molecule has 1 atom stereocenters. The third kappa shape index (κ3) is 4.84. The van der Waals surface area contributed by atoms with Crippen molar-refractivity contribution < 1.29 is 13.2 Å². The maximum absolute atomic E-state index is 11.7. The first kappa shape index (κ1) is 14.6. The Hall–Kier alpha value is -1.42. The number of methoxy groups -OCH3 is 1. The molecule has 18 heavy (non-hydrogen) atoms. The molecule has 0 saturated heterocycles. The summed E-state index contributed by atoms with van der Waals surface area (Å²) >= 11 is 0. The summed E-state index contributed by atoms with van der Waals surface area (Å²) in [5, 5.41) is 8.64. The number of nitriles is 1. The van der Waals surface area contributed by atoms with E-state index in [-0.39, 0.29) is 18.4 Å². The third-order valence-corrected chi connectivity index (χ3v) is 3.75. The van der Waals surface area contributed by atoms with E-state index >= 15 is 0 Å². The Kier molecular flexibility index (Phi) is 5.28. The van der Waals surface area contributed by atoms with Gasteiger partial charge in [-0.25, -0.2) is 13.1 Å². The van der Waals surface area contributed by atoms with E-state index in [4.69, 9.17) is 10.00 Å². The smallest absolute Gasteiger partial charge is 0.215 e. The van der Waals surface area contributed by atoms with Crippen molar-refractivity contribution in [3.63, 3.8) is 0 Å². The number of sulfonamides is 1. The van der Waals surface area contributed by atoms with Crippen molar-refractivity contribution in [1.29, 1.82) is 5.26 Å². The Bertz CT molecular complexity index is 517. The van der Waals surface area contributed by atoms with Gasteiger partial charge in [-0.15, -0.1) is 0 Å². The minimum absolute atomic E-state index is 0.102. The largest absolute Gasteiger partial charge is 0.380 e. The zero-order valence-corrected chi connectivity index (χ0v) is 11.2. The maximum Gasteiger partial charge on any atom is 0.215 e. The van der Waals surface area contributed by atoms with Crippen LogP contribution >= 0.6 is 0 Å². The number of rotatable bonds is 6. The molecule has 1 unspecified atom stereocenters. The van der Waals surface area contributed by atoms with Gasteiger partial charge in [0, 0.05) is 13.7 Å². The predicted octanol–water partition coefficient (Wildman–Crippen LogP) is 1.01. The SMILES string of the molecule is COC(C)CNS(=O)(=O)Cc1ccc(C#N)cc1. The lowest BCUT2D eigenvalue weighted by Gasteiger charge is -2.11. The van der Waals surface area contributed by atoms with Gasteiger partial charge in [0.05, 0.1) is 23.5 Å². The van der Waals surface area contributed by atoms with Crippen LogP contribution in [0.4, 0.5) is 0 Å². The minimum Gasteiger partial charge on any atom is -0.380 e. The van der Waals surface area contributed by atoms with Gasteiger partial charge in [-0.3, -0.25) is 0 Å². The molecule has 1 aromatic carbocycles. The molecule has 0 heterocycles. The fourth-order valence-corrected chi connectivity index (χ4v) is 2.50. The Morgan fingerprint density at radius 3 is 2.50 bits per heavy atom. The van der Waals surface area contributed by atoms with Gasteiger partial charge >= 0.3 is 0 Å². The molecule has 0 radical (unpaired) electrons. The summed E-state index contributed by atoms with van der Waals surface area (Å²) in [5.74, 6) is -0.102. The highest BCUT2D eigenvalue weighted by molar-refractivity contribution is 7.88. The van der Waals surface area contributed by atoms with Crippen LogP contribution in [0.1, 0.15) is 18.1 Å². The van der Waals surface area contributed by atoms with Crippen molar-refractivity contribution in [3.8, 4) is 6.07 Å². The van der Waals surface area contributed by atoms with Crippen molar-refractivity contribution >= 4 is 10.0 Å². The van der Waals surface area contributed by atoms with Crippen molar-refractivity contribution in [2.75, 3.05) is 13.7 Å². The fourth-order valence-electron chi connectivity index (χ4n) is 1.27. The van der Waals surface area contributed by atoms with Crippen LogP contribution in [0.2, 0.25) is 0 Å². The van der Waals surface area contributed by atoms with Crippen LogP contribution in [0.5, 0.6) is 0 Å².